The quantitative estimate of drug-likeness (QED) is 0.175. The van der Waals surface area contributed by atoms with Gasteiger partial charge < -0.3 is 14.8 Å². The first-order valence-corrected chi connectivity index (χ1v) is 19.3. The van der Waals surface area contributed by atoms with Gasteiger partial charge in [-0.05, 0) is 87.3 Å². The van der Waals surface area contributed by atoms with Crippen molar-refractivity contribution >= 4 is 41.1 Å². The van der Waals surface area contributed by atoms with E-state index in [0.717, 1.165) is 43.4 Å². The Balaban J connectivity index is 0.852. The molecule has 288 valence electrons. The fourth-order valence-corrected chi connectivity index (χ4v) is 9.48. The number of hydrogen-bond acceptors (Lipinski definition) is 9. The lowest BCUT2D eigenvalue weighted by atomic mass is 9.49. The Morgan fingerprint density at radius 3 is 2.36 bits per heavy atom. The first-order valence-electron chi connectivity index (χ1n) is 18.9. The highest BCUT2D eigenvalue weighted by molar-refractivity contribution is 6.31. The van der Waals surface area contributed by atoms with Gasteiger partial charge in [0.1, 0.15) is 35.4 Å². The summed E-state index contributed by atoms with van der Waals surface area (Å²) in [5.74, 6) is -0.759. The van der Waals surface area contributed by atoms with E-state index in [-0.39, 0.29) is 58.9 Å². The van der Waals surface area contributed by atoms with E-state index in [4.69, 9.17) is 26.2 Å². The normalized spacial score (nSPS) is 25.4. The molecule has 2 saturated carbocycles. The molecule has 3 fully saturated rings. The number of halogens is 1. The monoisotopic (exact) mass is 768 g/mol. The Bertz CT molecular complexity index is 2080. The molecular weight excluding hydrogens is 724 g/mol. The second-order valence-electron chi connectivity index (χ2n) is 16.3. The average molecular weight is 769 g/mol. The zero-order chi connectivity index (χ0) is 39.2. The maximum Gasteiger partial charge on any atom is 0.272 e. The van der Waals surface area contributed by atoms with Gasteiger partial charge in [-0.25, -0.2) is 0 Å². The van der Waals surface area contributed by atoms with E-state index in [1.165, 1.54) is 0 Å². The molecule has 0 radical (unpaired) electrons. The third-order valence-electron chi connectivity index (χ3n) is 11.9. The van der Waals surface area contributed by atoms with Gasteiger partial charge in [-0.3, -0.25) is 38.9 Å². The number of fused-ring (bicyclic) bond motifs is 1. The number of nitrogens with one attached hydrogen (secondary N) is 2. The molecule has 7 rings (SSSR count). The fraction of sp³-hybridized carbons (Fsp3) is 0.488. The topological polar surface area (TPSA) is 173 Å². The highest BCUT2D eigenvalue weighted by atomic mass is 35.5. The van der Waals surface area contributed by atoms with Crippen LogP contribution < -0.4 is 20.1 Å². The maximum absolute atomic E-state index is 13.4. The molecule has 0 bridgehead atoms. The first kappa shape index (κ1) is 38.1. The van der Waals surface area contributed by atoms with E-state index >= 15 is 0 Å². The molecule has 3 heterocycles. The van der Waals surface area contributed by atoms with Gasteiger partial charge in [-0.2, -0.15) is 10.4 Å². The minimum Gasteiger partial charge on any atom is -0.494 e. The summed E-state index contributed by atoms with van der Waals surface area (Å²) in [5.41, 5.74) is 0.434. The van der Waals surface area contributed by atoms with Gasteiger partial charge in [0, 0.05) is 35.6 Å². The summed E-state index contributed by atoms with van der Waals surface area (Å²) < 4.78 is 14.2. The van der Waals surface area contributed by atoms with Crippen LogP contribution in [0.4, 0.5) is 0 Å². The van der Waals surface area contributed by atoms with Crippen LogP contribution in [0.1, 0.15) is 122 Å². The Morgan fingerprint density at radius 2 is 1.67 bits per heavy atom. The lowest BCUT2D eigenvalue weighted by Gasteiger charge is -2.63. The van der Waals surface area contributed by atoms with Crippen molar-refractivity contribution in [3.63, 3.8) is 0 Å². The molecule has 1 aromatic heterocycles. The zero-order valence-corrected chi connectivity index (χ0v) is 32.2. The number of aromatic nitrogens is 2. The summed E-state index contributed by atoms with van der Waals surface area (Å²) in [6.07, 6.45) is 7.67. The average Bonchev–Trinajstić information content (AvgIpc) is 3.74. The smallest absolute Gasteiger partial charge is 0.272 e. The number of nitrogens with zero attached hydrogens (tertiary/aromatic N) is 4. The van der Waals surface area contributed by atoms with Gasteiger partial charge >= 0.3 is 0 Å². The van der Waals surface area contributed by atoms with Crippen LogP contribution in [-0.4, -0.2) is 69.0 Å². The lowest BCUT2D eigenvalue weighted by Crippen LogP contribution is -2.74. The summed E-state index contributed by atoms with van der Waals surface area (Å²) in [7, 11) is 0. The van der Waals surface area contributed by atoms with E-state index in [1.807, 2.05) is 10.9 Å². The van der Waals surface area contributed by atoms with Gasteiger partial charge in [0.2, 0.25) is 11.8 Å². The minimum absolute atomic E-state index is 0.0694. The zero-order valence-electron chi connectivity index (χ0n) is 31.4. The predicted octanol–water partition coefficient (Wildman–Crippen LogP) is 6.01. The van der Waals surface area contributed by atoms with Gasteiger partial charge in [-0.15, -0.1) is 0 Å². The van der Waals surface area contributed by atoms with E-state index in [2.05, 4.69) is 44.4 Å². The largest absolute Gasteiger partial charge is 0.494 e. The van der Waals surface area contributed by atoms with E-state index in [1.54, 1.807) is 42.5 Å². The second kappa shape index (κ2) is 14.8. The van der Waals surface area contributed by atoms with Crippen LogP contribution in [0, 0.1) is 28.1 Å². The van der Waals surface area contributed by atoms with Crippen molar-refractivity contribution in [3.05, 3.63) is 76.1 Å². The van der Waals surface area contributed by atoms with Crippen LogP contribution in [0.3, 0.4) is 0 Å². The van der Waals surface area contributed by atoms with Gasteiger partial charge in [-0.1, -0.05) is 39.3 Å². The minimum atomic E-state index is -1.00. The molecule has 13 nitrogen and oxygen atoms in total. The van der Waals surface area contributed by atoms with Crippen molar-refractivity contribution in [1.82, 2.24) is 25.3 Å². The third-order valence-corrected chi connectivity index (χ3v) is 12.2. The molecule has 1 atom stereocenters. The molecule has 1 saturated heterocycles. The van der Waals surface area contributed by atoms with Crippen molar-refractivity contribution < 1.29 is 33.4 Å². The SMILES string of the molecule is CC1(C)C(NC(=O)c2ccn(C3CCC(CCCOc4ccc5c(c4)C(=O)N(C4CCC(=O)NC4=O)C5=O)CC3)n2)C(C)(C)C1Oc1ccc(C#N)c(Cl)c1. The molecule has 2 aliphatic carbocycles. The predicted molar refractivity (Wildman–Crippen MR) is 200 cm³/mol. The van der Waals surface area contributed by atoms with Crippen LogP contribution in [0.15, 0.2) is 48.7 Å². The van der Waals surface area contributed by atoms with Crippen LogP contribution >= 0.6 is 11.6 Å². The number of rotatable bonds is 11. The Kier molecular flexibility index (Phi) is 10.2. The number of amides is 5. The van der Waals surface area contributed by atoms with Gasteiger partial charge in [0.05, 0.1) is 34.4 Å². The van der Waals surface area contributed by atoms with E-state index < -0.39 is 29.7 Å². The summed E-state index contributed by atoms with van der Waals surface area (Å²) in [6, 6.07) is 12.7. The van der Waals surface area contributed by atoms with Crippen LogP contribution in [-0.2, 0) is 9.59 Å². The summed E-state index contributed by atoms with van der Waals surface area (Å²) in [5, 5.41) is 19.7. The Labute approximate surface area is 324 Å². The molecule has 5 amide bonds. The second-order valence-corrected chi connectivity index (χ2v) is 16.7. The summed E-state index contributed by atoms with van der Waals surface area (Å²) in [4.78, 5) is 64.4. The Morgan fingerprint density at radius 1 is 0.964 bits per heavy atom. The molecule has 14 heteroatoms. The van der Waals surface area contributed by atoms with Crippen molar-refractivity contribution in [2.45, 2.75) is 103 Å². The van der Waals surface area contributed by atoms with Gasteiger partial charge in [0.25, 0.3) is 17.7 Å². The maximum atomic E-state index is 13.4. The van der Waals surface area contributed by atoms with Crippen molar-refractivity contribution in [2.75, 3.05) is 6.61 Å². The molecule has 2 aromatic carbocycles. The summed E-state index contributed by atoms with van der Waals surface area (Å²) >= 11 is 6.23. The lowest BCUT2D eigenvalue weighted by molar-refractivity contribution is -0.164. The number of nitriles is 1. The third kappa shape index (κ3) is 7.20. The number of carbonyl (C=O) groups is 5. The molecule has 55 heavy (non-hydrogen) atoms. The molecule has 3 aromatic rings. The van der Waals surface area contributed by atoms with Crippen molar-refractivity contribution in [3.8, 4) is 17.6 Å². The number of piperidine rings is 1. The number of carbonyl (C=O) groups excluding carboxylic acids is 5. The standard InChI is InChI=1S/C41H45ClN6O7/c1-40(2)38(41(3,4)39(40)55-27-12-9-24(22-43)30(42)21-27)45-34(50)31-17-18-47(46-31)25-10-7-23(8-11-25)6-5-19-54-26-13-14-28-29(20-26)37(53)48(36(28)52)32-15-16-33(49)44-35(32)51/h9,12-14,17-18,20-21,23,25,32,38-39H,5-8,10-11,15-16,19H2,1-4H3,(H,45,50)(H,44,49,51). The number of benzene rings is 2. The molecule has 4 aliphatic rings. The van der Waals surface area contributed by atoms with Crippen LogP contribution in [0.2, 0.25) is 5.02 Å². The fourth-order valence-electron chi connectivity index (χ4n) is 9.26. The Hall–Kier alpha value is -5.22. The van der Waals surface area contributed by atoms with Gasteiger partial charge in [0.15, 0.2) is 0 Å². The van der Waals surface area contributed by atoms with Crippen molar-refractivity contribution in [1.29, 1.82) is 5.26 Å². The highest BCUT2D eigenvalue weighted by Crippen LogP contribution is 2.55. The van der Waals surface area contributed by atoms with Crippen molar-refractivity contribution in [2.24, 2.45) is 16.7 Å². The number of ether oxygens (including phenoxy) is 2. The highest BCUT2D eigenvalue weighted by Gasteiger charge is 2.64. The van der Waals surface area contributed by atoms with Crippen LogP contribution in [0.25, 0.3) is 0 Å². The first-order chi connectivity index (χ1) is 26.2. The number of imide groups is 2. The molecular formula is C41H45ClN6O7. The molecule has 2 aliphatic heterocycles. The van der Waals surface area contributed by atoms with E-state index in [0.29, 0.717) is 40.3 Å². The van der Waals surface area contributed by atoms with E-state index in [9.17, 15) is 29.2 Å². The molecule has 0 spiro atoms. The molecule has 1 unspecified atom stereocenters. The molecule has 2 N–H and O–H groups in total. The summed E-state index contributed by atoms with van der Waals surface area (Å²) in [6.45, 7) is 8.74. The van der Waals surface area contributed by atoms with Crippen LogP contribution in [0.5, 0.6) is 11.5 Å². The number of hydrogen-bond donors (Lipinski definition) is 2.